The highest BCUT2D eigenvalue weighted by molar-refractivity contribution is 7.99. The van der Waals surface area contributed by atoms with Crippen molar-refractivity contribution in [2.75, 3.05) is 11.1 Å². The Hall–Kier alpha value is -2.55. The molecule has 2 aromatic carbocycles. The van der Waals surface area contributed by atoms with E-state index in [4.69, 9.17) is 23.2 Å². The zero-order valence-corrected chi connectivity index (χ0v) is 20.1. The minimum absolute atomic E-state index is 0.0822. The highest BCUT2D eigenvalue weighted by atomic mass is 35.5. The molecule has 10 heteroatoms. The van der Waals surface area contributed by atoms with Crippen LogP contribution in [0.25, 0.3) is 0 Å². The lowest BCUT2D eigenvalue weighted by Gasteiger charge is -2.21. The second-order valence-electron chi connectivity index (χ2n) is 7.42. The molecule has 0 aliphatic carbocycles. The van der Waals surface area contributed by atoms with Gasteiger partial charge < -0.3 is 15.2 Å². The summed E-state index contributed by atoms with van der Waals surface area (Å²) in [5.74, 6) is 0.405. The summed E-state index contributed by atoms with van der Waals surface area (Å²) in [5.41, 5.74) is 1.07. The lowest BCUT2D eigenvalue weighted by Crippen LogP contribution is -2.33. The molecule has 0 saturated carbocycles. The molecule has 2 amide bonds. The molecule has 0 unspecified atom stereocenters. The predicted octanol–water partition coefficient (Wildman–Crippen LogP) is 4.98. The third kappa shape index (κ3) is 6.03. The SMILES string of the molecule is CC(C)[C@@H](NC(=O)c1ccccc1)c1nnc(SCC(=O)Nc2ccc(Cl)cc2Cl)n1C. The number of hydrogen-bond donors (Lipinski definition) is 2. The van der Waals surface area contributed by atoms with Gasteiger partial charge in [0.25, 0.3) is 5.91 Å². The van der Waals surface area contributed by atoms with E-state index in [2.05, 4.69) is 20.8 Å². The normalized spacial score (nSPS) is 11.9. The Kier molecular flexibility index (Phi) is 8.17. The van der Waals surface area contributed by atoms with Gasteiger partial charge in [0, 0.05) is 17.6 Å². The first kappa shape index (κ1) is 24.1. The summed E-state index contributed by atoms with van der Waals surface area (Å²) in [6, 6.07) is 13.5. The lowest BCUT2D eigenvalue weighted by atomic mass is 10.0. The minimum Gasteiger partial charge on any atom is -0.342 e. The minimum atomic E-state index is -0.337. The molecular weight excluding hydrogens is 469 g/mol. The molecule has 0 spiro atoms. The number of benzene rings is 2. The number of rotatable bonds is 8. The van der Waals surface area contributed by atoms with Crippen molar-refractivity contribution in [3.05, 3.63) is 70.0 Å². The van der Waals surface area contributed by atoms with Gasteiger partial charge in [-0.15, -0.1) is 10.2 Å². The van der Waals surface area contributed by atoms with E-state index in [0.29, 0.717) is 32.3 Å². The van der Waals surface area contributed by atoms with Crippen LogP contribution in [0.3, 0.4) is 0 Å². The molecule has 2 N–H and O–H groups in total. The van der Waals surface area contributed by atoms with Crippen molar-refractivity contribution in [1.29, 1.82) is 0 Å². The molecule has 1 heterocycles. The van der Waals surface area contributed by atoms with E-state index in [-0.39, 0.29) is 29.5 Å². The summed E-state index contributed by atoms with van der Waals surface area (Å²) in [6.07, 6.45) is 0. The number of anilines is 1. The Morgan fingerprint density at radius 3 is 2.47 bits per heavy atom. The van der Waals surface area contributed by atoms with Gasteiger partial charge in [0.1, 0.15) is 0 Å². The van der Waals surface area contributed by atoms with Crippen molar-refractivity contribution in [3.8, 4) is 0 Å². The Labute approximate surface area is 200 Å². The van der Waals surface area contributed by atoms with Crippen LogP contribution in [0.15, 0.2) is 53.7 Å². The predicted molar refractivity (Wildman–Crippen MR) is 128 cm³/mol. The molecule has 0 aliphatic rings. The number of thioether (sulfide) groups is 1. The Morgan fingerprint density at radius 2 is 1.81 bits per heavy atom. The summed E-state index contributed by atoms with van der Waals surface area (Å²) in [7, 11) is 1.82. The quantitative estimate of drug-likeness (QED) is 0.433. The molecule has 3 rings (SSSR count). The smallest absolute Gasteiger partial charge is 0.251 e. The number of nitrogens with one attached hydrogen (secondary N) is 2. The van der Waals surface area contributed by atoms with Gasteiger partial charge in [-0.25, -0.2) is 0 Å². The van der Waals surface area contributed by atoms with Gasteiger partial charge in [0.15, 0.2) is 11.0 Å². The second kappa shape index (κ2) is 10.8. The first-order valence-corrected chi connectivity index (χ1v) is 11.6. The van der Waals surface area contributed by atoms with Gasteiger partial charge in [-0.1, -0.05) is 67.0 Å². The van der Waals surface area contributed by atoms with Crippen LogP contribution in [-0.4, -0.2) is 32.3 Å². The Bertz CT molecular complexity index is 1100. The first-order valence-electron chi connectivity index (χ1n) is 9.89. The lowest BCUT2D eigenvalue weighted by molar-refractivity contribution is -0.113. The van der Waals surface area contributed by atoms with Gasteiger partial charge in [-0.05, 0) is 36.2 Å². The molecule has 3 aromatic rings. The van der Waals surface area contributed by atoms with E-state index in [1.165, 1.54) is 11.8 Å². The van der Waals surface area contributed by atoms with Gasteiger partial charge in [-0.2, -0.15) is 0 Å². The van der Waals surface area contributed by atoms with Crippen molar-refractivity contribution in [2.24, 2.45) is 13.0 Å². The van der Waals surface area contributed by atoms with E-state index in [1.54, 1.807) is 34.9 Å². The Morgan fingerprint density at radius 1 is 1.09 bits per heavy atom. The topological polar surface area (TPSA) is 88.9 Å². The second-order valence-corrected chi connectivity index (χ2v) is 9.21. The van der Waals surface area contributed by atoms with E-state index in [9.17, 15) is 9.59 Å². The monoisotopic (exact) mass is 491 g/mol. The fraction of sp³-hybridized carbons (Fsp3) is 0.273. The van der Waals surface area contributed by atoms with Crippen molar-refractivity contribution in [1.82, 2.24) is 20.1 Å². The maximum atomic E-state index is 12.6. The third-order valence-electron chi connectivity index (χ3n) is 4.67. The number of nitrogens with zero attached hydrogens (tertiary/aromatic N) is 3. The van der Waals surface area contributed by atoms with Crippen LogP contribution in [0.4, 0.5) is 5.69 Å². The van der Waals surface area contributed by atoms with Crippen LogP contribution in [-0.2, 0) is 11.8 Å². The third-order valence-corrected chi connectivity index (χ3v) is 6.24. The van der Waals surface area contributed by atoms with Crippen molar-refractivity contribution < 1.29 is 9.59 Å². The molecule has 168 valence electrons. The molecule has 0 fully saturated rings. The first-order chi connectivity index (χ1) is 15.3. The molecule has 0 radical (unpaired) electrons. The molecule has 32 heavy (non-hydrogen) atoms. The molecule has 0 bridgehead atoms. The van der Waals surface area contributed by atoms with Crippen molar-refractivity contribution in [3.63, 3.8) is 0 Å². The number of hydrogen-bond acceptors (Lipinski definition) is 5. The van der Waals surface area contributed by atoms with Crippen LogP contribution >= 0.6 is 35.0 Å². The summed E-state index contributed by atoms with van der Waals surface area (Å²) >= 11 is 13.2. The Balaban J connectivity index is 1.66. The maximum Gasteiger partial charge on any atom is 0.251 e. The number of carbonyl (C=O) groups is 2. The van der Waals surface area contributed by atoms with Gasteiger partial charge in [0.05, 0.1) is 22.5 Å². The van der Waals surface area contributed by atoms with Crippen LogP contribution < -0.4 is 10.6 Å². The van der Waals surface area contributed by atoms with E-state index < -0.39 is 0 Å². The highest BCUT2D eigenvalue weighted by Crippen LogP contribution is 2.27. The van der Waals surface area contributed by atoms with Gasteiger partial charge in [0.2, 0.25) is 5.91 Å². The highest BCUT2D eigenvalue weighted by Gasteiger charge is 2.25. The fourth-order valence-corrected chi connectivity index (χ4v) is 4.15. The molecule has 0 saturated heterocycles. The average Bonchev–Trinajstić information content (AvgIpc) is 3.12. The number of aromatic nitrogens is 3. The van der Waals surface area contributed by atoms with Crippen molar-refractivity contribution >= 4 is 52.5 Å². The zero-order valence-electron chi connectivity index (χ0n) is 17.8. The standard InChI is InChI=1S/C22H23Cl2N5O2S/c1-13(2)19(26-21(31)14-7-5-4-6-8-14)20-27-28-22(29(20)3)32-12-18(30)25-17-10-9-15(23)11-16(17)24/h4-11,13,19H,12H2,1-3H3,(H,25,30)(H,26,31)/t19-/m1/s1. The molecule has 1 atom stereocenters. The average molecular weight is 492 g/mol. The number of amides is 2. The van der Waals surface area contributed by atoms with Crippen molar-refractivity contribution in [2.45, 2.75) is 25.0 Å². The molecular formula is C22H23Cl2N5O2S. The van der Waals surface area contributed by atoms with Crippen LogP contribution in [0, 0.1) is 5.92 Å². The van der Waals surface area contributed by atoms with E-state index in [1.807, 2.05) is 39.1 Å². The summed E-state index contributed by atoms with van der Waals surface area (Å²) in [5, 5.41) is 15.7. The van der Waals surface area contributed by atoms with Crippen LogP contribution in [0.5, 0.6) is 0 Å². The summed E-state index contributed by atoms with van der Waals surface area (Å²) < 4.78 is 1.79. The van der Waals surface area contributed by atoms with Crippen LogP contribution in [0.2, 0.25) is 10.0 Å². The van der Waals surface area contributed by atoms with Gasteiger partial charge >= 0.3 is 0 Å². The largest absolute Gasteiger partial charge is 0.342 e. The van der Waals surface area contributed by atoms with Crippen LogP contribution in [0.1, 0.15) is 36.1 Å². The van der Waals surface area contributed by atoms with E-state index in [0.717, 1.165) is 0 Å². The van der Waals surface area contributed by atoms with E-state index >= 15 is 0 Å². The number of carbonyl (C=O) groups excluding carboxylic acids is 2. The summed E-state index contributed by atoms with van der Waals surface area (Å²) in [6.45, 7) is 4.00. The molecule has 7 nitrogen and oxygen atoms in total. The molecule has 0 aliphatic heterocycles. The number of halogens is 2. The summed E-state index contributed by atoms with van der Waals surface area (Å²) in [4.78, 5) is 25.0. The van der Waals surface area contributed by atoms with Gasteiger partial charge in [-0.3, -0.25) is 9.59 Å². The zero-order chi connectivity index (χ0) is 23.3. The molecule has 1 aromatic heterocycles. The maximum absolute atomic E-state index is 12.6. The fourth-order valence-electron chi connectivity index (χ4n) is 2.97.